The fourth-order valence-electron chi connectivity index (χ4n) is 1.67. The summed E-state index contributed by atoms with van der Waals surface area (Å²) in [6, 6.07) is 4.62. The number of benzene rings is 1. The van der Waals surface area contributed by atoms with Crippen molar-refractivity contribution in [1.82, 2.24) is 4.90 Å². The first-order valence-electron chi connectivity index (χ1n) is 5.72. The minimum atomic E-state index is -1.01. The number of amides is 2. The van der Waals surface area contributed by atoms with E-state index in [1.807, 2.05) is 0 Å². The number of carbonyl (C=O) groups is 2. The molecule has 1 saturated carbocycles. The van der Waals surface area contributed by atoms with Gasteiger partial charge in [-0.1, -0.05) is 11.6 Å². The van der Waals surface area contributed by atoms with Gasteiger partial charge in [0.2, 0.25) is 0 Å². The highest BCUT2D eigenvalue weighted by Gasteiger charge is 2.33. The van der Waals surface area contributed by atoms with E-state index in [1.54, 1.807) is 18.2 Å². The van der Waals surface area contributed by atoms with Crippen molar-refractivity contribution in [3.05, 3.63) is 27.7 Å². The Morgan fingerprint density at radius 3 is 2.68 bits per heavy atom. The van der Waals surface area contributed by atoms with Gasteiger partial charge in [0.05, 0.1) is 5.02 Å². The molecule has 0 unspecified atom stereocenters. The highest BCUT2D eigenvalue weighted by Crippen LogP contribution is 2.29. The van der Waals surface area contributed by atoms with Crippen LogP contribution in [0.3, 0.4) is 0 Å². The molecule has 1 aromatic carbocycles. The van der Waals surface area contributed by atoms with Gasteiger partial charge >= 0.3 is 12.0 Å². The van der Waals surface area contributed by atoms with E-state index in [-0.39, 0.29) is 12.6 Å². The third-order valence-corrected chi connectivity index (χ3v) is 3.94. The summed E-state index contributed by atoms with van der Waals surface area (Å²) in [4.78, 5) is 24.1. The first-order valence-corrected chi connectivity index (χ1v) is 6.89. The van der Waals surface area contributed by atoms with Gasteiger partial charge in [-0.3, -0.25) is 4.79 Å². The van der Waals surface area contributed by atoms with Crippen molar-refractivity contribution in [2.24, 2.45) is 0 Å². The molecule has 0 atom stereocenters. The fourth-order valence-corrected chi connectivity index (χ4v) is 2.16. The van der Waals surface area contributed by atoms with Crippen LogP contribution < -0.4 is 5.32 Å². The summed E-state index contributed by atoms with van der Waals surface area (Å²) in [5.74, 6) is -1.01. The molecular weight excluding hydrogens is 336 g/mol. The topological polar surface area (TPSA) is 69.6 Å². The highest BCUT2D eigenvalue weighted by atomic mass is 79.9. The molecule has 2 N–H and O–H groups in total. The number of halogens is 2. The number of hydrogen-bond donors (Lipinski definition) is 2. The van der Waals surface area contributed by atoms with E-state index in [0.29, 0.717) is 15.2 Å². The Morgan fingerprint density at radius 2 is 2.16 bits per heavy atom. The zero-order chi connectivity index (χ0) is 14.0. The number of nitrogens with zero attached hydrogens (tertiary/aromatic N) is 1. The van der Waals surface area contributed by atoms with Crippen molar-refractivity contribution < 1.29 is 14.7 Å². The number of anilines is 1. The second-order valence-corrected chi connectivity index (χ2v) is 5.57. The van der Waals surface area contributed by atoms with Gasteiger partial charge in [0, 0.05) is 16.2 Å². The Bertz CT molecular complexity index is 520. The lowest BCUT2D eigenvalue weighted by Crippen LogP contribution is -2.40. The fraction of sp³-hybridized carbons (Fsp3) is 0.333. The largest absolute Gasteiger partial charge is 0.480 e. The monoisotopic (exact) mass is 346 g/mol. The highest BCUT2D eigenvalue weighted by molar-refractivity contribution is 9.10. The van der Waals surface area contributed by atoms with Crippen LogP contribution in [-0.4, -0.2) is 34.6 Å². The van der Waals surface area contributed by atoms with Crippen LogP contribution in [0.4, 0.5) is 10.5 Å². The van der Waals surface area contributed by atoms with Gasteiger partial charge in [-0.25, -0.2) is 4.79 Å². The van der Waals surface area contributed by atoms with E-state index in [1.165, 1.54) is 4.90 Å². The van der Waals surface area contributed by atoms with Crippen molar-refractivity contribution >= 4 is 45.2 Å². The summed E-state index contributed by atoms with van der Waals surface area (Å²) < 4.78 is 0.670. The predicted octanol–water partition coefficient (Wildman–Crippen LogP) is 3.18. The Morgan fingerprint density at radius 1 is 1.47 bits per heavy atom. The summed E-state index contributed by atoms with van der Waals surface area (Å²) in [6.07, 6.45) is 1.70. The van der Waals surface area contributed by atoms with Crippen LogP contribution in [0.15, 0.2) is 22.7 Å². The van der Waals surface area contributed by atoms with Crippen molar-refractivity contribution in [2.45, 2.75) is 18.9 Å². The molecule has 102 valence electrons. The van der Waals surface area contributed by atoms with Gasteiger partial charge in [-0.2, -0.15) is 0 Å². The van der Waals surface area contributed by atoms with E-state index < -0.39 is 12.0 Å². The molecule has 19 heavy (non-hydrogen) atoms. The maximum atomic E-state index is 12.0. The lowest BCUT2D eigenvalue weighted by atomic mass is 10.3. The third kappa shape index (κ3) is 3.84. The third-order valence-electron chi connectivity index (χ3n) is 2.72. The first kappa shape index (κ1) is 14.1. The van der Waals surface area contributed by atoms with Crippen LogP contribution in [0, 0.1) is 0 Å². The Labute approximate surface area is 123 Å². The lowest BCUT2D eigenvalue weighted by Gasteiger charge is -2.20. The summed E-state index contributed by atoms with van der Waals surface area (Å²) in [5, 5.41) is 12.0. The maximum Gasteiger partial charge on any atom is 0.323 e. The van der Waals surface area contributed by atoms with E-state index in [0.717, 1.165) is 12.8 Å². The first-order chi connectivity index (χ1) is 8.97. The second-order valence-electron chi connectivity index (χ2n) is 4.31. The average Bonchev–Trinajstić information content (AvgIpc) is 3.14. The lowest BCUT2D eigenvalue weighted by molar-refractivity contribution is -0.137. The van der Waals surface area contributed by atoms with Crippen LogP contribution >= 0.6 is 27.5 Å². The Balaban J connectivity index is 2.05. The van der Waals surface area contributed by atoms with E-state index in [4.69, 9.17) is 16.7 Å². The van der Waals surface area contributed by atoms with Crippen molar-refractivity contribution in [1.29, 1.82) is 0 Å². The molecule has 5 nitrogen and oxygen atoms in total. The molecule has 1 aromatic rings. The molecule has 0 heterocycles. The van der Waals surface area contributed by atoms with E-state index >= 15 is 0 Å². The standard InChI is InChI=1S/C12H12BrClN2O3/c13-9-5-7(1-4-10(9)14)15-12(19)16(6-11(17)18)8-2-3-8/h1,4-5,8H,2-3,6H2,(H,15,19)(H,17,18). The van der Waals surface area contributed by atoms with Gasteiger partial charge < -0.3 is 15.3 Å². The molecular formula is C12H12BrClN2O3. The van der Waals surface area contributed by atoms with Crippen LogP contribution in [0.25, 0.3) is 0 Å². The van der Waals surface area contributed by atoms with Gasteiger partial charge in [-0.05, 0) is 47.0 Å². The van der Waals surface area contributed by atoms with Gasteiger partial charge in [0.25, 0.3) is 0 Å². The van der Waals surface area contributed by atoms with E-state index in [9.17, 15) is 9.59 Å². The second kappa shape index (κ2) is 5.79. The number of hydrogen-bond acceptors (Lipinski definition) is 2. The summed E-state index contributed by atoms with van der Waals surface area (Å²) in [5.41, 5.74) is 0.567. The SMILES string of the molecule is O=C(O)CN(C(=O)Nc1ccc(Cl)c(Br)c1)C1CC1. The van der Waals surface area contributed by atoms with Gasteiger partial charge in [0.1, 0.15) is 6.54 Å². The number of rotatable bonds is 4. The van der Waals surface area contributed by atoms with Crippen LogP contribution in [0.5, 0.6) is 0 Å². The zero-order valence-corrected chi connectivity index (χ0v) is 12.2. The molecule has 0 aliphatic heterocycles. The molecule has 0 saturated heterocycles. The number of carboxylic acids is 1. The smallest absolute Gasteiger partial charge is 0.323 e. The number of aliphatic carboxylic acids is 1. The normalized spacial score (nSPS) is 14.0. The summed E-state index contributed by atoms with van der Waals surface area (Å²) in [7, 11) is 0. The number of nitrogens with one attached hydrogen (secondary N) is 1. The Kier molecular flexibility index (Phi) is 4.31. The molecule has 2 rings (SSSR count). The Hall–Kier alpha value is -1.27. The molecule has 1 aliphatic rings. The molecule has 0 bridgehead atoms. The van der Waals surface area contributed by atoms with Crippen LogP contribution in [0.1, 0.15) is 12.8 Å². The molecule has 7 heteroatoms. The molecule has 1 fully saturated rings. The molecule has 2 amide bonds. The summed E-state index contributed by atoms with van der Waals surface area (Å²) in [6.45, 7) is -0.286. The molecule has 0 aromatic heterocycles. The average molecular weight is 348 g/mol. The number of carboxylic acid groups (broad SMARTS) is 1. The van der Waals surface area contributed by atoms with E-state index in [2.05, 4.69) is 21.2 Å². The van der Waals surface area contributed by atoms with Crippen molar-refractivity contribution in [3.8, 4) is 0 Å². The maximum absolute atomic E-state index is 12.0. The van der Waals surface area contributed by atoms with Gasteiger partial charge in [-0.15, -0.1) is 0 Å². The minimum absolute atomic E-state index is 0.0341. The van der Waals surface area contributed by atoms with Crippen LogP contribution in [-0.2, 0) is 4.79 Å². The zero-order valence-electron chi connectivity index (χ0n) is 9.90. The minimum Gasteiger partial charge on any atom is -0.480 e. The quantitative estimate of drug-likeness (QED) is 0.879. The molecule has 1 aliphatic carbocycles. The van der Waals surface area contributed by atoms with Crippen molar-refractivity contribution in [2.75, 3.05) is 11.9 Å². The number of urea groups is 1. The molecule has 0 radical (unpaired) electrons. The number of carbonyl (C=O) groups excluding carboxylic acids is 1. The van der Waals surface area contributed by atoms with Crippen LogP contribution in [0.2, 0.25) is 5.02 Å². The summed E-state index contributed by atoms with van der Waals surface area (Å²) >= 11 is 9.12. The molecule has 0 spiro atoms. The predicted molar refractivity (Wildman–Crippen MR) is 75.5 cm³/mol. The van der Waals surface area contributed by atoms with Gasteiger partial charge in [0.15, 0.2) is 0 Å². The van der Waals surface area contributed by atoms with Crippen molar-refractivity contribution in [3.63, 3.8) is 0 Å².